The number of aromatic nitrogens is 2. The van der Waals surface area contributed by atoms with Gasteiger partial charge in [-0.2, -0.15) is 0 Å². The molecule has 1 unspecified atom stereocenters. The van der Waals surface area contributed by atoms with Gasteiger partial charge in [-0.1, -0.05) is 27.7 Å². The summed E-state index contributed by atoms with van der Waals surface area (Å²) in [5, 5.41) is 3.39. The third-order valence-electron chi connectivity index (χ3n) is 3.30. The third-order valence-corrected chi connectivity index (χ3v) is 3.30. The smallest absolute Gasteiger partial charge is 0.160 e. The van der Waals surface area contributed by atoms with Gasteiger partial charge in [0.15, 0.2) is 5.82 Å². The summed E-state index contributed by atoms with van der Waals surface area (Å²) < 4.78 is 5.89. The van der Waals surface area contributed by atoms with Crippen molar-refractivity contribution >= 4 is 5.82 Å². The van der Waals surface area contributed by atoms with E-state index in [9.17, 15) is 0 Å². The normalized spacial score (nSPS) is 13.3. The number of aryl methyl sites for hydroxylation is 1. The minimum atomic E-state index is -0.0889. The molecule has 0 bridgehead atoms. The fourth-order valence-electron chi connectivity index (χ4n) is 2.06. The van der Waals surface area contributed by atoms with Gasteiger partial charge in [0.1, 0.15) is 11.9 Å². The molecule has 0 saturated heterocycles. The van der Waals surface area contributed by atoms with E-state index in [4.69, 9.17) is 9.72 Å². The van der Waals surface area contributed by atoms with Gasteiger partial charge < -0.3 is 10.1 Å². The van der Waals surface area contributed by atoms with Gasteiger partial charge in [0, 0.05) is 24.4 Å². The van der Waals surface area contributed by atoms with Crippen LogP contribution < -0.4 is 5.32 Å². The second-order valence-electron chi connectivity index (χ2n) is 6.27. The molecule has 20 heavy (non-hydrogen) atoms. The minimum absolute atomic E-state index is 0.0280. The van der Waals surface area contributed by atoms with Crippen molar-refractivity contribution in [2.45, 2.75) is 61.0 Å². The fourth-order valence-corrected chi connectivity index (χ4v) is 2.06. The molecule has 1 rings (SSSR count). The Bertz CT molecular complexity index is 438. The molecule has 1 N–H and O–H groups in total. The molecule has 0 aromatic carbocycles. The van der Waals surface area contributed by atoms with E-state index in [-0.39, 0.29) is 11.5 Å². The van der Waals surface area contributed by atoms with Crippen molar-refractivity contribution in [2.24, 2.45) is 5.41 Å². The molecule has 0 aliphatic carbocycles. The average Bonchev–Trinajstić information content (AvgIpc) is 2.36. The fraction of sp³-hybridized carbons (Fsp3) is 0.750. The lowest BCUT2D eigenvalue weighted by Crippen LogP contribution is -2.24. The highest BCUT2D eigenvalue weighted by Crippen LogP contribution is 2.35. The lowest BCUT2D eigenvalue weighted by atomic mass is 9.88. The molecule has 0 fully saturated rings. The lowest BCUT2D eigenvalue weighted by molar-refractivity contribution is -0.0191. The summed E-state index contributed by atoms with van der Waals surface area (Å²) in [6.07, 6.45) is 0.986. The number of nitrogens with zero attached hydrogens (tertiary/aromatic N) is 2. The summed E-state index contributed by atoms with van der Waals surface area (Å²) in [5.41, 5.74) is 2.11. The van der Waals surface area contributed by atoms with Crippen LogP contribution in [0, 0.1) is 19.3 Å². The van der Waals surface area contributed by atoms with Gasteiger partial charge in [0.2, 0.25) is 0 Å². The van der Waals surface area contributed by atoms with E-state index < -0.39 is 0 Å². The second kappa shape index (κ2) is 7.02. The van der Waals surface area contributed by atoms with Crippen molar-refractivity contribution in [3.8, 4) is 0 Å². The van der Waals surface area contributed by atoms with Crippen LogP contribution in [0.3, 0.4) is 0 Å². The first kappa shape index (κ1) is 16.9. The summed E-state index contributed by atoms with van der Waals surface area (Å²) in [7, 11) is 0. The summed E-state index contributed by atoms with van der Waals surface area (Å²) >= 11 is 0. The Balaban J connectivity index is 3.18. The summed E-state index contributed by atoms with van der Waals surface area (Å²) in [6.45, 7) is 16.3. The van der Waals surface area contributed by atoms with Crippen molar-refractivity contribution in [3.63, 3.8) is 0 Å². The summed E-state index contributed by atoms with van der Waals surface area (Å²) in [4.78, 5) is 9.36. The molecule has 0 aliphatic heterocycles. The maximum absolute atomic E-state index is 5.89. The van der Waals surface area contributed by atoms with Crippen LogP contribution in [0.15, 0.2) is 0 Å². The molecule has 0 spiro atoms. The Hall–Kier alpha value is -1.16. The molecular formula is C16H29N3O. The minimum Gasteiger partial charge on any atom is -0.370 e. The molecule has 114 valence electrons. The van der Waals surface area contributed by atoms with Crippen molar-refractivity contribution < 1.29 is 4.74 Å². The second-order valence-corrected chi connectivity index (χ2v) is 6.27. The summed E-state index contributed by atoms with van der Waals surface area (Å²) in [5.74, 6) is 1.71. The van der Waals surface area contributed by atoms with E-state index in [2.05, 4.69) is 44.9 Å². The standard InChI is InChI=1S/C16H29N3O/c1-8-10-17-14-11(3)12(4)18-15(19-14)13(20-9-2)16(5,6)7/h13H,8-10H2,1-7H3,(H,17,18,19). The highest BCUT2D eigenvalue weighted by Gasteiger charge is 2.30. The Morgan fingerprint density at radius 3 is 2.30 bits per heavy atom. The molecule has 0 saturated carbocycles. The molecular weight excluding hydrogens is 250 g/mol. The van der Waals surface area contributed by atoms with Crippen molar-refractivity contribution in [2.75, 3.05) is 18.5 Å². The first-order chi connectivity index (χ1) is 9.31. The van der Waals surface area contributed by atoms with Gasteiger partial charge >= 0.3 is 0 Å². The van der Waals surface area contributed by atoms with E-state index in [1.165, 1.54) is 0 Å². The Kier molecular flexibility index (Phi) is 5.93. The van der Waals surface area contributed by atoms with Gasteiger partial charge in [-0.25, -0.2) is 9.97 Å². The van der Waals surface area contributed by atoms with Crippen LogP contribution in [0.1, 0.15) is 64.2 Å². The molecule has 1 atom stereocenters. The zero-order valence-electron chi connectivity index (χ0n) is 14.0. The van der Waals surface area contributed by atoms with Crippen LogP contribution in [-0.4, -0.2) is 23.1 Å². The highest BCUT2D eigenvalue weighted by atomic mass is 16.5. The zero-order chi connectivity index (χ0) is 15.3. The molecule has 4 nitrogen and oxygen atoms in total. The molecule has 0 radical (unpaired) electrons. The first-order valence-corrected chi connectivity index (χ1v) is 7.51. The number of ether oxygens (including phenoxy) is 1. The van der Waals surface area contributed by atoms with E-state index in [0.29, 0.717) is 6.61 Å². The van der Waals surface area contributed by atoms with Gasteiger partial charge in [-0.05, 0) is 32.6 Å². The first-order valence-electron chi connectivity index (χ1n) is 7.51. The Morgan fingerprint density at radius 2 is 1.80 bits per heavy atom. The maximum Gasteiger partial charge on any atom is 0.160 e. The zero-order valence-corrected chi connectivity index (χ0v) is 14.0. The largest absolute Gasteiger partial charge is 0.370 e. The molecule has 1 aromatic heterocycles. The van der Waals surface area contributed by atoms with Gasteiger partial charge in [0.05, 0.1) is 0 Å². The quantitative estimate of drug-likeness (QED) is 0.853. The summed E-state index contributed by atoms with van der Waals surface area (Å²) in [6, 6.07) is 0. The average molecular weight is 279 g/mol. The topological polar surface area (TPSA) is 47.0 Å². The maximum atomic E-state index is 5.89. The number of hydrogen-bond donors (Lipinski definition) is 1. The predicted octanol–water partition coefficient (Wildman–Crippen LogP) is 4.04. The molecule has 0 aliphatic rings. The van der Waals surface area contributed by atoms with Crippen LogP contribution in [0.2, 0.25) is 0 Å². The SMILES string of the molecule is CCCNc1nc(C(OCC)C(C)(C)C)nc(C)c1C. The van der Waals surface area contributed by atoms with E-state index in [1.54, 1.807) is 0 Å². The van der Waals surface area contributed by atoms with Gasteiger partial charge in [0.25, 0.3) is 0 Å². The molecule has 1 heterocycles. The number of anilines is 1. The number of hydrogen-bond acceptors (Lipinski definition) is 4. The van der Waals surface area contributed by atoms with E-state index in [0.717, 1.165) is 35.9 Å². The Labute approximate surface area is 123 Å². The van der Waals surface area contributed by atoms with Crippen molar-refractivity contribution in [1.82, 2.24) is 9.97 Å². The molecule has 1 aromatic rings. The van der Waals surface area contributed by atoms with Crippen LogP contribution in [0.25, 0.3) is 0 Å². The highest BCUT2D eigenvalue weighted by molar-refractivity contribution is 5.45. The van der Waals surface area contributed by atoms with E-state index >= 15 is 0 Å². The van der Waals surface area contributed by atoms with Crippen molar-refractivity contribution in [1.29, 1.82) is 0 Å². The predicted molar refractivity (Wildman–Crippen MR) is 84.1 cm³/mol. The van der Waals surface area contributed by atoms with E-state index in [1.807, 2.05) is 13.8 Å². The monoisotopic (exact) mass is 279 g/mol. The van der Waals surface area contributed by atoms with Crippen molar-refractivity contribution in [3.05, 3.63) is 17.1 Å². The van der Waals surface area contributed by atoms with Gasteiger partial charge in [-0.3, -0.25) is 0 Å². The molecule has 0 amide bonds. The lowest BCUT2D eigenvalue weighted by Gasteiger charge is -2.29. The molecule has 4 heteroatoms. The number of rotatable bonds is 6. The number of nitrogens with one attached hydrogen (secondary N) is 1. The van der Waals surface area contributed by atoms with Crippen LogP contribution >= 0.6 is 0 Å². The third kappa shape index (κ3) is 4.17. The van der Waals surface area contributed by atoms with Crippen LogP contribution in [0.4, 0.5) is 5.82 Å². The van der Waals surface area contributed by atoms with Crippen LogP contribution in [-0.2, 0) is 4.74 Å². The van der Waals surface area contributed by atoms with Gasteiger partial charge in [-0.15, -0.1) is 0 Å². The Morgan fingerprint density at radius 1 is 1.15 bits per heavy atom. The van der Waals surface area contributed by atoms with Crippen LogP contribution in [0.5, 0.6) is 0 Å².